The Bertz CT molecular complexity index is 918. The molecule has 1 aliphatic carbocycles. The standard InChI is InChI=1S/C19H16N2O2/c22-17-11-4-3-9-16(17)21-19(23)18-12-6-1-2-8-14(12)20-15-10-5-7-13(15)18/h1-4,6,8-9,11,22H,5,7,10H2,(H,21,23). The lowest BCUT2D eigenvalue weighted by Gasteiger charge is -2.13. The van der Waals surface area contributed by atoms with Crippen LogP contribution in [0, 0.1) is 0 Å². The van der Waals surface area contributed by atoms with Gasteiger partial charge in [-0.1, -0.05) is 30.3 Å². The van der Waals surface area contributed by atoms with Crippen molar-refractivity contribution >= 4 is 22.5 Å². The molecule has 0 fully saturated rings. The summed E-state index contributed by atoms with van der Waals surface area (Å²) in [6.07, 6.45) is 2.81. The fraction of sp³-hybridized carbons (Fsp3) is 0.158. The van der Waals surface area contributed by atoms with Gasteiger partial charge in [-0.15, -0.1) is 0 Å². The number of benzene rings is 2. The normalized spacial score (nSPS) is 13.0. The maximum absolute atomic E-state index is 12.9. The van der Waals surface area contributed by atoms with Crippen LogP contribution in [0.4, 0.5) is 5.69 Å². The molecule has 0 radical (unpaired) electrons. The number of phenols is 1. The number of hydrogen-bond donors (Lipinski definition) is 2. The molecule has 114 valence electrons. The zero-order valence-corrected chi connectivity index (χ0v) is 12.5. The Morgan fingerprint density at radius 1 is 1.04 bits per heavy atom. The van der Waals surface area contributed by atoms with Crippen molar-refractivity contribution in [2.45, 2.75) is 19.3 Å². The molecule has 2 aromatic carbocycles. The second kappa shape index (κ2) is 5.39. The van der Waals surface area contributed by atoms with Gasteiger partial charge >= 0.3 is 0 Å². The van der Waals surface area contributed by atoms with Gasteiger partial charge in [0.1, 0.15) is 5.75 Å². The maximum Gasteiger partial charge on any atom is 0.256 e. The van der Waals surface area contributed by atoms with Gasteiger partial charge in [-0.05, 0) is 43.0 Å². The van der Waals surface area contributed by atoms with Gasteiger partial charge in [-0.3, -0.25) is 9.78 Å². The molecule has 0 aliphatic heterocycles. The van der Waals surface area contributed by atoms with Crippen molar-refractivity contribution in [3.63, 3.8) is 0 Å². The van der Waals surface area contributed by atoms with Crippen LogP contribution in [-0.2, 0) is 12.8 Å². The third-order valence-electron chi connectivity index (χ3n) is 4.30. The van der Waals surface area contributed by atoms with Crippen LogP contribution in [0.25, 0.3) is 10.9 Å². The number of phenolic OH excluding ortho intramolecular Hbond substituents is 1. The summed E-state index contributed by atoms with van der Waals surface area (Å²) in [6, 6.07) is 14.5. The monoisotopic (exact) mass is 304 g/mol. The van der Waals surface area contributed by atoms with Gasteiger partial charge < -0.3 is 10.4 Å². The number of aromatic hydroxyl groups is 1. The lowest BCUT2D eigenvalue weighted by atomic mass is 10.0. The van der Waals surface area contributed by atoms with Crippen molar-refractivity contribution in [3.8, 4) is 5.75 Å². The summed E-state index contributed by atoms with van der Waals surface area (Å²) >= 11 is 0. The summed E-state index contributed by atoms with van der Waals surface area (Å²) in [7, 11) is 0. The van der Waals surface area contributed by atoms with Crippen LogP contribution in [0.5, 0.6) is 5.75 Å². The SMILES string of the molecule is O=C(Nc1ccccc1O)c1c2c(nc3ccccc13)CCC2. The van der Waals surface area contributed by atoms with Crippen molar-refractivity contribution in [3.05, 3.63) is 65.4 Å². The maximum atomic E-state index is 12.9. The Kier molecular flexibility index (Phi) is 3.23. The Balaban J connectivity index is 1.85. The summed E-state index contributed by atoms with van der Waals surface area (Å²) in [4.78, 5) is 17.6. The molecule has 0 saturated carbocycles. The summed E-state index contributed by atoms with van der Waals surface area (Å²) in [5, 5.41) is 13.6. The molecule has 1 aliphatic rings. The summed E-state index contributed by atoms with van der Waals surface area (Å²) < 4.78 is 0. The smallest absolute Gasteiger partial charge is 0.256 e. The molecule has 0 saturated heterocycles. The lowest BCUT2D eigenvalue weighted by molar-refractivity contribution is 0.102. The van der Waals surface area contributed by atoms with Crippen molar-refractivity contribution in [1.29, 1.82) is 0 Å². The van der Waals surface area contributed by atoms with E-state index in [0.717, 1.165) is 41.4 Å². The molecule has 23 heavy (non-hydrogen) atoms. The highest BCUT2D eigenvalue weighted by atomic mass is 16.3. The molecule has 4 heteroatoms. The number of aryl methyl sites for hydroxylation is 1. The van der Waals surface area contributed by atoms with Gasteiger partial charge in [0.25, 0.3) is 5.91 Å². The van der Waals surface area contributed by atoms with Crippen LogP contribution in [0.2, 0.25) is 0 Å². The van der Waals surface area contributed by atoms with Crippen LogP contribution in [0.3, 0.4) is 0 Å². The molecule has 0 unspecified atom stereocenters. The van der Waals surface area contributed by atoms with Crippen LogP contribution >= 0.6 is 0 Å². The molecule has 1 aromatic heterocycles. The van der Waals surface area contributed by atoms with Crippen LogP contribution in [0.1, 0.15) is 28.0 Å². The van der Waals surface area contributed by atoms with Crippen LogP contribution in [-0.4, -0.2) is 16.0 Å². The molecule has 4 rings (SSSR count). The van der Waals surface area contributed by atoms with Crippen molar-refractivity contribution < 1.29 is 9.90 Å². The molecule has 1 heterocycles. The Morgan fingerprint density at radius 3 is 2.70 bits per heavy atom. The van der Waals surface area contributed by atoms with Gasteiger partial charge in [-0.25, -0.2) is 0 Å². The van der Waals surface area contributed by atoms with E-state index in [1.807, 2.05) is 24.3 Å². The molecular formula is C19H16N2O2. The number of aromatic nitrogens is 1. The minimum Gasteiger partial charge on any atom is -0.506 e. The first-order valence-electron chi connectivity index (χ1n) is 7.74. The molecule has 0 spiro atoms. The average molecular weight is 304 g/mol. The Morgan fingerprint density at radius 2 is 1.83 bits per heavy atom. The number of amides is 1. The van der Waals surface area contributed by atoms with Crippen LogP contribution < -0.4 is 5.32 Å². The lowest BCUT2D eigenvalue weighted by Crippen LogP contribution is -2.15. The van der Waals surface area contributed by atoms with E-state index in [9.17, 15) is 9.90 Å². The quantitative estimate of drug-likeness (QED) is 0.710. The largest absolute Gasteiger partial charge is 0.506 e. The predicted molar refractivity (Wildman–Crippen MR) is 89.8 cm³/mol. The third kappa shape index (κ3) is 2.32. The molecule has 1 amide bonds. The molecule has 3 aromatic rings. The first-order chi connectivity index (χ1) is 11.2. The number of carbonyl (C=O) groups is 1. The van der Waals surface area contributed by atoms with E-state index >= 15 is 0 Å². The molecule has 0 bridgehead atoms. The molecule has 4 nitrogen and oxygen atoms in total. The van der Waals surface area contributed by atoms with E-state index in [-0.39, 0.29) is 11.7 Å². The number of nitrogens with one attached hydrogen (secondary N) is 1. The second-order valence-electron chi connectivity index (χ2n) is 5.75. The van der Waals surface area contributed by atoms with Gasteiger partial charge in [0, 0.05) is 11.1 Å². The van der Waals surface area contributed by atoms with Crippen molar-refractivity contribution in [2.75, 3.05) is 5.32 Å². The fourth-order valence-corrected chi connectivity index (χ4v) is 3.23. The van der Waals surface area contributed by atoms with Gasteiger partial charge in [0.2, 0.25) is 0 Å². The van der Waals surface area contributed by atoms with Crippen molar-refractivity contribution in [1.82, 2.24) is 4.98 Å². The van der Waals surface area contributed by atoms with Crippen molar-refractivity contribution in [2.24, 2.45) is 0 Å². The number of fused-ring (bicyclic) bond motifs is 2. The van der Waals surface area contributed by atoms with E-state index in [1.165, 1.54) is 0 Å². The molecular weight excluding hydrogens is 288 g/mol. The molecule has 0 atom stereocenters. The first-order valence-corrected chi connectivity index (χ1v) is 7.74. The first kappa shape index (κ1) is 13.8. The van der Waals surface area contributed by atoms with E-state index < -0.39 is 0 Å². The zero-order valence-electron chi connectivity index (χ0n) is 12.5. The number of para-hydroxylation sites is 3. The molecule has 2 N–H and O–H groups in total. The summed E-state index contributed by atoms with van der Waals surface area (Å²) in [5.74, 6) is -0.126. The van der Waals surface area contributed by atoms with E-state index in [1.54, 1.807) is 24.3 Å². The second-order valence-corrected chi connectivity index (χ2v) is 5.75. The number of rotatable bonds is 2. The van der Waals surface area contributed by atoms with Gasteiger partial charge in [0.15, 0.2) is 0 Å². The Labute approximate surface area is 133 Å². The average Bonchev–Trinajstić information content (AvgIpc) is 3.02. The zero-order chi connectivity index (χ0) is 15.8. The van der Waals surface area contributed by atoms with Gasteiger partial charge in [0.05, 0.1) is 16.8 Å². The predicted octanol–water partition coefficient (Wildman–Crippen LogP) is 3.68. The van der Waals surface area contributed by atoms with E-state index in [0.29, 0.717) is 11.3 Å². The highest BCUT2D eigenvalue weighted by molar-refractivity contribution is 6.14. The number of carbonyl (C=O) groups excluding carboxylic acids is 1. The fourth-order valence-electron chi connectivity index (χ4n) is 3.23. The summed E-state index contributed by atoms with van der Waals surface area (Å²) in [5.41, 5.74) is 4.01. The Hall–Kier alpha value is -2.88. The number of hydrogen-bond acceptors (Lipinski definition) is 3. The highest BCUT2D eigenvalue weighted by Crippen LogP contribution is 2.31. The number of anilines is 1. The highest BCUT2D eigenvalue weighted by Gasteiger charge is 2.24. The number of pyridine rings is 1. The minimum absolute atomic E-state index is 0.0656. The number of nitrogens with zero attached hydrogens (tertiary/aromatic N) is 1. The van der Waals surface area contributed by atoms with E-state index in [4.69, 9.17) is 4.98 Å². The van der Waals surface area contributed by atoms with Gasteiger partial charge in [-0.2, -0.15) is 0 Å². The van der Waals surface area contributed by atoms with Crippen LogP contribution in [0.15, 0.2) is 48.5 Å². The third-order valence-corrected chi connectivity index (χ3v) is 4.30. The summed E-state index contributed by atoms with van der Waals surface area (Å²) in [6.45, 7) is 0. The minimum atomic E-state index is -0.191. The topological polar surface area (TPSA) is 62.2 Å². The van der Waals surface area contributed by atoms with E-state index in [2.05, 4.69) is 5.32 Å².